The van der Waals surface area contributed by atoms with E-state index in [1.807, 2.05) is 19.9 Å². The summed E-state index contributed by atoms with van der Waals surface area (Å²) in [6.45, 7) is 6.09. The Morgan fingerprint density at radius 3 is 2.60 bits per heavy atom. The molecular weight excluding hydrogens is 190 g/mol. The Morgan fingerprint density at radius 1 is 1.40 bits per heavy atom. The zero-order valence-electron chi connectivity index (χ0n) is 9.81. The average Bonchev–Trinajstić information content (AvgIpc) is 2.23. The van der Waals surface area contributed by atoms with Gasteiger partial charge in [-0.3, -0.25) is 0 Å². The van der Waals surface area contributed by atoms with Crippen LogP contribution in [0.25, 0.3) is 0 Å². The number of aliphatic hydroxyl groups excluding tert-OH is 1. The summed E-state index contributed by atoms with van der Waals surface area (Å²) >= 11 is 0. The van der Waals surface area contributed by atoms with Gasteiger partial charge >= 0.3 is 0 Å². The van der Waals surface area contributed by atoms with Gasteiger partial charge in [0.2, 0.25) is 0 Å². The highest BCUT2D eigenvalue weighted by molar-refractivity contribution is 5.20. The van der Waals surface area contributed by atoms with Crippen LogP contribution in [0.2, 0.25) is 0 Å². The standard InChI is InChI=1S/C12H21NO2/c1-4-5-6-10-7-11(14)8(2)9(3)12(10)13-15/h7-9,11-12,14H,4-6H2,1-3H3. The topological polar surface area (TPSA) is 49.7 Å². The zero-order valence-corrected chi connectivity index (χ0v) is 9.81. The number of unbranched alkanes of at least 4 members (excludes halogenated alkanes) is 1. The first-order valence-electron chi connectivity index (χ1n) is 5.83. The summed E-state index contributed by atoms with van der Waals surface area (Å²) < 4.78 is 0. The second kappa shape index (κ2) is 5.40. The minimum absolute atomic E-state index is 0.123. The number of hydrogen-bond donors (Lipinski definition) is 1. The summed E-state index contributed by atoms with van der Waals surface area (Å²) in [6, 6.07) is -0.227. The van der Waals surface area contributed by atoms with Crippen LogP contribution in [-0.2, 0) is 0 Å². The molecule has 1 rings (SSSR count). The van der Waals surface area contributed by atoms with Gasteiger partial charge in [0.25, 0.3) is 0 Å². The molecule has 0 amide bonds. The lowest BCUT2D eigenvalue weighted by Crippen LogP contribution is -2.36. The first-order valence-corrected chi connectivity index (χ1v) is 5.83. The van der Waals surface area contributed by atoms with E-state index in [4.69, 9.17) is 0 Å². The molecule has 0 spiro atoms. The molecule has 1 aliphatic carbocycles. The van der Waals surface area contributed by atoms with Gasteiger partial charge < -0.3 is 5.11 Å². The molecule has 15 heavy (non-hydrogen) atoms. The molecule has 86 valence electrons. The molecule has 0 heterocycles. The minimum atomic E-state index is -0.412. The van der Waals surface area contributed by atoms with E-state index in [1.165, 1.54) is 0 Å². The number of aliphatic hydroxyl groups is 1. The second-order valence-corrected chi connectivity index (χ2v) is 4.60. The predicted molar refractivity (Wildman–Crippen MR) is 61.5 cm³/mol. The lowest BCUT2D eigenvalue weighted by Gasteiger charge is -2.33. The van der Waals surface area contributed by atoms with Gasteiger partial charge in [0, 0.05) is 0 Å². The quantitative estimate of drug-likeness (QED) is 0.574. The highest BCUT2D eigenvalue weighted by Gasteiger charge is 2.34. The lowest BCUT2D eigenvalue weighted by molar-refractivity contribution is 0.109. The van der Waals surface area contributed by atoms with Crippen LogP contribution in [0.5, 0.6) is 0 Å². The molecule has 0 radical (unpaired) electrons. The van der Waals surface area contributed by atoms with Crippen molar-refractivity contribution in [3.63, 3.8) is 0 Å². The van der Waals surface area contributed by atoms with Crippen molar-refractivity contribution < 1.29 is 5.11 Å². The van der Waals surface area contributed by atoms with Gasteiger partial charge in [0.15, 0.2) is 0 Å². The van der Waals surface area contributed by atoms with Gasteiger partial charge in [-0.1, -0.05) is 38.4 Å². The molecule has 0 aromatic heterocycles. The highest BCUT2D eigenvalue weighted by atomic mass is 16.3. The third-order valence-electron chi connectivity index (χ3n) is 3.56. The third kappa shape index (κ3) is 2.65. The maximum absolute atomic E-state index is 10.8. The van der Waals surface area contributed by atoms with E-state index in [1.54, 1.807) is 0 Å². The SMILES string of the molecule is CCCCC1=CC(O)C(C)C(C)C1N=O. The van der Waals surface area contributed by atoms with Crippen molar-refractivity contribution in [1.82, 2.24) is 0 Å². The lowest BCUT2D eigenvalue weighted by atomic mass is 9.75. The fourth-order valence-corrected chi connectivity index (χ4v) is 2.18. The minimum Gasteiger partial charge on any atom is -0.389 e. The molecule has 0 aliphatic heterocycles. The van der Waals surface area contributed by atoms with Crippen molar-refractivity contribution in [3.05, 3.63) is 16.6 Å². The van der Waals surface area contributed by atoms with Crippen LogP contribution in [0.4, 0.5) is 0 Å². The first-order chi connectivity index (χ1) is 7.11. The molecule has 1 aliphatic rings. The Labute approximate surface area is 91.5 Å². The molecule has 3 heteroatoms. The van der Waals surface area contributed by atoms with Crippen molar-refractivity contribution in [2.45, 2.75) is 52.2 Å². The molecule has 3 nitrogen and oxygen atoms in total. The summed E-state index contributed by atoms with van der Waals surface area (Å²) in [4.78, 5) is 10.8. The number of nitrogens with zero attached hydrogens (tertiary/aromatic N) is 1. The van der Waals surface area contributed by atoms with Crippen molar-refractivity contribution in [1.29, 1.82) is 0 Å². The van der Waals surface area contributed by atoms with Gasteiger partial charge in [-0.15, -0.1) is 0 Å². The van der Waals surface area contributed by atoms with Crippen molar-refractivity contribution in [3.8, 4) is 0 Å². The Balaban J connectivity index is 2.80. The van der Waals surface area contributed by atoms with E-state index >= 15 is 0 Å². The summed E-state index contributed by atoms with van der Waals surface area (Å²) in [7, 11) is 0. The molecule has 0 saturated carbocycles. The van der Waals surface area contributed by atoms with Crippen LogP contribution < -0.4 is 0 Å². The van der Waals surface area contributed by atoms with Gasteiger partial charge in [0.1, 0.15) is 6.04 Å². The summed E-state index contributed by atoms with van der Waals surface area (Å²) in [5.74, 6) is 0.271. The largest absolute Gasteiger partial charge is 0.389 e. The van der Waals surface area contributed by atoms with Crippen molar-refractivity contribution in [2.24, 2.45) is 17.0 Å². The Morgan fingerprint density at radius 2 is 2.07 bits per heavy atom. The summed E-state index contributed by atoms with van der Waals surface area (Å²) in [5.41, 5.74) is 1.03. The molecule has 0 fully saturated rings. The summed E-state index contributed by atoms with van der Waals surface area (Å²) in [5, 5.41) is 13.0. The van der Waals surface area contributed by atoms with E-state index in [0.29, 0.717) is 0 Å². The smallest absolute Gasteiger partial charge is 0.116 e. The third-order valence-corrected chi connectivity index (χ3v) is 3.56. The highest BCUT2D eigenvalue weighted by Crippen LogP contribution is 2.34. The Kier molecular flexibility index (Phi) is 4.45. The van der Waals surface area contributed by atoms with E-state index in [0.717, 1.165) is 24.8 Å². The normalized spacial score (nSPS) is 36.1. The molecule has 0 bridgehead atoms. The Bertz CT molecular complexity index is 250. The van der Waals surface area contributed by atoms with Crippen LogP contribution in [0, 0.1) is 16.7 Å². The van der Waals surface area contributed by atoms with Crippen LogP contribution in [0.15, 0.2) is 16.8 Å². The fourth-order valence-electron chi connectivity index (χ4n) is 2.18. The van der Waals surface area contributed by atoms with Gasteiger partial charge in [-0.05, 0) is 30.3 Å². The monoisotopic (exact) mass is 211 g/mol. The predicted octanol–water partition coefficient (Wildman–Crippen LogP) is 2.88. The average molecular weight is 211 g/mol. The van der Waals surface area contributed by atoms with E-state index in [9.17, 15) is 10.0 Å². The maximum atomic E-state index is 10.8. The molecule has 4 unspecified atom stereocenters. The molecule has 0 aromatic rings. The van der Waals surface area contributed by atoms with Crippen molar-refractivity contribution in [2.75, 3.05) is 0 Å². The molecule has 4 atom stereocenters. The van der Waals surface area contributed by atoms with Gasteiger partial charge in [0.05, 0.1) is 6.10 Å². The Hall–Kier alpha value is -0.700. The second-order valence-electron chi connectivity index (χ2n) is 4.60. The van der Waals surface area contributed by atoms with Gasteiger partial charge in [-0.2, -0.15) is 4.91 Å². The molecular formula is C12H21NO2. The van der Waals surface area contributed by atoms with E-state index < -0.39 is 6.10 Å². The van der Waals surface area contributed by atoms with Gasteiger partial charge in [-0.25, -0.2) is 0 Å². The fraction of sp³-hybridized carbons (Fsp3) is 0.833. The molecule has 1 N–H and O–H groups in total. The first kappa shape index (κ1) is 12.4. The van der Waals surface area contributed by atoms with Crippen molar-refractivity contribution >= 4 is 0 Å². The number of nitroso groups, excluding NO2 is 1. The summed E-state index contributed by atoms with van der Waals surface area (Å²) in [6.07, 6.45) is 4.48. The molecule has 0 aromatic carbocycles. The van der Waals surface area contributed by atoms with E-state index in [-0.39, 0.29) is 17.9 Å². The van der Waals surface area contributed by atoms with Crippen LogP contribution in [0.1, 0.15) is 40.0 Å². The van der Waals surface area contributed by atoms with Crippen LogP contribution in [-0.4, -0.2) is 17.3 Å². The zero-order chi connectivity index (χ0) is 11.4. The van der Waals surface area contributed by atoms with Crippen LogP contribution in [0.3, 0.4) is 0 Å². The molecule has 0 saturated heterocycles. The maximum Gasteiger partial charge on any atom is 0.116 e. The van der Waals surface area contributed by atoms with Crippen LogP contribution >= 0.6 is 0 Å². The number of rotatable bonds is 4. The number of hydrogen-bond acceptors (Lipinski definition) is 3. The van der Waals surface area contributed by atoms with E-state index in [2.05, 4.69) is 12.1 Å².